The van der Waals surface area contributed by atoms with Crippen LogP contribution in [0.15, 0.2) is 36.4 Å². The molecule has 0 radical (unpaired) electrons. The average molecular weight is 466 g/mol. The Morgan fingerprint density at radius 2 is 1.53 bits per heavy atom. The minimum atomic E-state index is -0.301. The van der Waals surface area contributed by atoms with Gasteiger partial charge in [-0.05, 0) is 37.3 Å². The van der Waals surface area contributed by atoms with Gasteiger partial charge in [-0.2, -0.15) is 5.10 Å². The van der Waals surface area contributed by atoms with Gasteiger partial charge < -0.3 is 19.4 Å². The van der Waals surface area contributed by atoms with Gasteiger partial charge in [0.2, 0.25) is 0 Å². The molecule has 10 heteroatoms. The van der Waals surface area contributed by atoms with Gasteiger partial charge in [0, 0.05) is 57.9 Å². The monoisotopic (exact) mass is 465 g/mol. The summed E-state index contributed by atoms with van der Waals surface area (Å²) in [5.41, 5.74) is 1.94. The number of rotatable bonds is 4. The molecule has 0 saturated carbocycles. The number of halogens is 1. The Morgan fingerprint density at radius 1 is 0.912 bits per heavy atom. The molecule has 0 aliphatic carbocycles. The number of amides is 1. The molecule has 0 unspecified atom stereocenters. The highest BCUT2D eigenvalue weighted by atomic mass is 19.1. The van der Waals surface area contributed by atoms with Crippen LogP contribution in [-0.4, -0.2) is 83.0 Å². The molecule has 0 bridgehead atoms. The summed E-state index contributed by atoms with van der Waals surface area (Å²) in [5.74, 6) is 2.19. The van der Waals surface area contributed by atoms with Gasteiger partial charge >= 0.3 is 0 Å². The van der Waals surface area contributed by atoms with Gasteiger partial charge in [0.1, 0.15) is 29.0 Å². The third-order valence-electron chi connectivity index (χ3n) is 6.28. The minimum Gasteiger partial charge on any atom is -0.378 e. The van der Waals surface area contributed by atoms with E-state index in [-0.39, 0.29) is 11.7 Å². The molecule has 9 nitrogen and oxygen atoms in total. The Morgan fingerprint density at radius 3 is 2.18 bits per heavy atom. The highest BCUT2D eigenvalue weighted by Gasteiger charge is 2.26. The summed E-state index contributed by atoms with van der Waals surface area (Å²) in [7, 11) is 1.76. The number of piperazine rings is 1. The van der Waals surface area contributed by atoms with Crippen LogP contribution in [-0.2, 0) is 11.8 Å². The molecular formula is C24H28FN7O2. The van der Waals surface area contributed by atoms with Crippen LogP contribution < -0.4 is 9.80 Å². The summed E-state index contributed by atoms with van der Waals surface area (Å²) in [6, 6.07) is 9.92. The molecule has 5 rings (SSSR count). The summed E-state index contributed by atoms with van der Waals surface area (Å²) < 4.78 is 20.3. The molecule has 0 atom stereocenters. The molecular weight excluding hydrogens is 437 g/mol. The Bertz CT molecular complexity index is 1170. The summed E-state index contributed by atoms with van der Waals surface area (Å²) >= 11 is 0. The smallest absolute Gasteiger partial charge is 0.272 e. The number of hydrogen-bond acceptors (Lipinski definition) is 7. The number of benzene rings is 1. The first kappa shape index (κ1) is 22.3. The number of nitrogens with zero attached hydrogens (tertiary/aromatic N) is 7. The number of aromatic nitrogens is 4. The number of hydrogen-bond donors (Lipinski definition) is 0. The fourth-order valence-electron chi connectivity index (χ4n) is 4.38. The molecule has 4 heterocycles. The molecule has 2 saturated heterocycles. The second-order valence-electron chi connectivity index (χ2n) is 8.56. The maximum absolute atomic E-state index is 13.2. The molecule has 0 N–H and O–H groups in total. The lowest BCUT2D eigenvalue weighted by Gasteiger charge is -2.36. The van der Waals surface area contributed by atoms with Gasteiger partial charge in [-0.25, -0.2) is 14.4 Å². The Hall–Kier alpha value is -3.53. The zero-order valence-electron chi connectivity index (χ0n) is 19.4. The van der Waals surface area contributed by atoms with E-state index >= 15 is 0 Å². The SMILES string of the molecule is Cc1nc(N2CCOCC2)cc(N2CCN(C(=O)c3cc(-c4ccc(F)cc4)nn3C)CC2)n1. The van der Waals surface area contributed by atoms with E-state index in [2.05, 4.69) is 24.9 Å². The van der Waals surface area contributed by atoms with Crippen LogP contribution in [0.1, 0.15) is 16.3 Å². The molecule has 2 aliphatic heterocycles. The van der Waals surface area contributed by atoms with Crippen molar-refractivity contribution in [3.63, 3.8) is 0 Å². The summed E-state index contributed by atoms with van der Waals surface area (Å²) in [4.78, 5) is 28.8. The maximum Gasteiger partial charge on any atom is 0.272 e. The average Bonchev–Trinajstić information content (AvgIpc) is 3.25. The second kappa shape index (κ2) is 9.38. The van der Waals surface area contributed by atoms with Gasteiger partial charge in [0.25, 0.3) is 5.91 Å². The number of ether oxygens (including phenoxy) is 1. The van der Waals surface area contributed by atoms with Crippen molar-refractivity contribution in [1.29, 1.82) is 0 Å². The highest BCUT2D eigenvalue weighted by molar-refractivity contribution is 5.94. The first-order valence-electron chi connectivity index (χ1n) is 11.5. The summed E-state index contributed by atoms with van der Waals surface area (Å²) in [5, 5.41) is 4.46. The fourth-order valence-corrected chi connectivity index (χ4v) is 4.38. The van der Waals surface area contributed by atoms with Crippen LogP contribution in [0.5, 0.6) is 0 Å². The van der Waals surface area contributed by atoms with E-state index in [1.54, 1.807) is 29.9 Å². The number of aryl methyl sites for hydroxylation is 2. The lowest BCUT2D eigenvalue weighted by molar-refractivity contribution is 0.0735. The van der Waals surface area contributed by atoms with Crippen molar-refractivity contribution in [2.24, 2.45) is 7.05 Å². The standard InChI is InChI=1S/C24H28FN7O2/c1-17-26-22(16-23(27-17)31-11-13-34-14-12-31)30-7-9-32(10-8-30)24(33)21-15-20(28-29(21)2)18-3-5-19(25)6-4-18/h3-6,15-16H,7-14H2,1-2H3. The van der Waals surface area contributed by atoms with Crippen molar-refractivity contribution in [1.82, 2.24) is 24.6 Å². The van der Waals surface area contributed by atoms with Crippen molar-refractivity contribution in [3.05, 3.63) is 53.7 Å². The van der Waals surface area contributed by atoms with Crippen molar-refractivity contribution < 1.29 is 13.9 Å². The van der Waals surface area contributed by atoms with Gasteiger partial charge in [0.15, 0.2) is 0 Å². The third-order valence-corrected chi connectivity index (χ3v) is 6.28. The largest absolute Gasteiger partial charge is 0.378 e. The normalized spacial score (nSPS) is 16.7. The molecule has 2 fully saturated rings. The van der Waals surface area contributed by atoms with E-state index in [4.69, 9.17) is 4.74 Å². The Balaban J connectivity index is 1.26. The van der Waals surface area contributed by atoms with Crippen molar-refractivity contribution in [3.8, 4) is 11.3 Å². The maximum atomic E-state index is 13.2. The molecule has 1 amide bonds. The topological polar surface area (TPSA) is 79.6 Å². The quantitative estimate of drug-likeness (QED) is 0.584. The molecule has 3 aromatic rings. The predicted molar refractivity (Wildman–Crippen MR) is 127 cm³/mol. The van der Waals surface area contributed by atoms with E-state index in [1.807, 2.05) is 17.9 Å². The van der Waals surface area contributed by atoms with Crippen LogP contribution in [0.25, 0.3) is 11.3 Å². The number of morpholine rings is 1. The van der Waals surface area contributed by atoms with E-state index in [9.17, 15) is 9.18 Å². The molecule has 2 aliphatic rings. The van der Waals surface area contributed by atoms with Gasteiger partial charge in [-0.3, -0.25) is 9.48 Å². The Labute approximate surface area is 197 Å². The third kappa shape index (κ3) is 4.58. The highest BCUT2D eigenvalue weighted by Crippen LogP contribution is 2.23. The molecule has 34 heavy (non-hydrogen) atoms. The van der Waals surface area contributed by atoms with E-state index in [0.717, 1.165) is 36.1 Å². The summed E-state index contributed by atoms with van der Waals surface area (Å²) in [6.45, 7) is 7.52. The lowest BCUT2D eigenvalue weighted by Crippen LogP contribution is -2.49. The number of anilines is 2. The van der Waals surface area contributed by atoms with Crippen LogP contribution >= 0.6 is 0 Å². The Kier molecular flexibility index (Phi) is 6.14. The predicted octanol–water partition coefficient (Wildman–Crippen LogP) is 2.12. The van der Waals surface area contributed by atoms with Crippen molar-refractivity contribution in [2.45, 2.75) is 6.92 Å². The van der Waals surface area contributed by atoms with E-state index < -0.39 is 0 Å². The molecule has 0 spiro atoms. The van der Waals surface area contributed by atoms with Crippen LogP contribution in [0.3, 0.4) is 0 Å². The molecule has 2 aromatic heterocycles. The van der Waals surface area contributed by atoms with Crippen LogP contribution in [0, 0.1) is 12.7 Å². The van der Waals surface area contributed by atoms with Crippen molar-refractivity contribution in [2.75, 3.05) is 62.3 Å². The van der Waals surface area contributed by atoms with Crippen molar-refractivity contribution >= 4 is 17.5 Å². The first-order chi connectivity index (χ1) is 16.5. The minimum absolute atomic E-state index is 0.0594. The van der Waals surface area contributed by atoms with Gasteiger partial charge in [0.05, 0.1) is 18.9 Å². The lowest BCUT2D eigenvalue weighted by atomic mass is 10.1. The second-order valence-corrected chi connectivity index (χ2v) is 8.56. The van der Waals surface area contributed by atoms with E-state index in [1.165, 1.54) is 12.1 Å². The van der Waals surface area contributed by atoms with Gasteiger partial charge in [-0.15, -0.1) is 0 Å². The summed E-state index contributed by atoms with van der Waals surface area (Å²) in [6.07, 6.45) is 0. The van der Waals surface area contributed by atoms with Gasteiger partial charge in [-0.1, -0.05) is 0 Å². The molecule has 1 aromatic carbocycles. The molecule has 178 valence electrons. The van der Waals surface area contributed by atoms with Crippen LogP contribution in [0.4, 0.5) is 16.0 Å². The van der Waals surface area contributed by atoms with E-state index in [0.29, 0.717) is 50.8 Å². The number of carbonyl (C=O) groups is 1. The van der Waals surface area contributed by atoms with Crippen LogP contribution in [0.2, 0.25) is 0 Å². The fraction of sp³-hybridized carbons (Fsp3) is 0.417. The zero-order valence-corrected chi connectivity index (χ0v) is 19.4. The number of carbonyl (C=O) groups excluding carboxylic acids is 1. The zero-order chi connectivity index (χ0) is 23.7. The first-order valence-corrected chi connectivity index (χ1v) is 11.5.